The Bertz CT molecular complexity index is 627. The van der Waals surface area contributed by atoms with Crippen molar-refractivity contribution in [2.45, 2.75) is 19.6 Å². The number of aliphatic hydroxyl groups is 1. The van der Waals surface area contributed by atoms with E-state index in [0.29, 0.717) is 21.5 Å². The van der Waals surface area contributed by atoms with E-state index in [9.17, 15) is 9.90 Å². The highest BCUT2D eigenvalue weighted by Gasteiger charge is 2.17. The number of thiazole rings is 1. The first-order valence-electron chi connectivity index (χ1n) is 6.18. The molecule has 0 radical (unpaired) electrons. The van der Waals surface area contributed by atoms with Gasteiger partial charge >= 0.3 is 0 Å². The third kappa shape index (κ3) is 4.24. The van der Waals surface area contributed by atoms with Gasteiger partial charge in [-0.05, 0) is 19.1 Å². The van der Waals surface area contributed by atoms with Crippen LogP contribution in [0.2, 0.25) is 4.34 Å². The molecule has 1 atom stereocenters. The lowest BCUT2D eigenvalue weighted by atomic mass is 10.3. The molecule has 0 aromatic carbocycles. The molecule has 5 nitrogen and oxygen atoms in total. The molecule has 2 rings (SSSR count). The minimum Gasteiger partial charge on any atom is -0.386 e. The van der Waals surface area contributed by atoms with Crippen LogP contribution in [0.5, 0.6) is 0 Å². The summed E-state index contributed by atoms with van der Waals surface area (Å²) >= 11 is 8.41. The molecule has 0 spiro atoms. The monoisotopic (exact) mass is 346 g/mol. The summed E-state index contributed by atoms with van der Waals surface area (Å²) in [5, 5.41) is 13.5. The number of hydrogen-bond acceptors (Lipinski definition) is 6. The Kier molecular flexibility index (Phi) is 5.72. The molecule has 2 heterocycles. The van der Waals surface area contributed by atoms with Crippen LogP contribution in [0.1, 0.15) is 31.4 Å². The number of thiophene rings is 1. The Morgan fingerprint density at radius 2 is 2.29 bits per heavy atom. The van der Waals surface area contributed by atoms with E-state index in [1.165, 1.54) is 22.7 Å². The lowest BCUT2D eigenvalue weighted by molar-refractivity contribution is 0.0921. The highest BCUT2D eigenvalue weighted by molar-refractivity contribution is 7.16. The molecule has 0 aliphatic rings. The van der Waals surface area contributed by atoms with E-state index in [1.54, 1.807) is 26.2 Å². The number of rotatable bonds is 6. The Morgan fingerprint density at radius 1 is 1.52 bits per heavy atom. The zero-order chi connectivity index (χ0) is 15.4. The van der Waals surface area contributed by atoms with Gasteiger partial charge in [-0.15, -0.1) is 22.7 Å². The third-order valence-corrected chi connectivity index (χ3v) is 5.16. The molecular weight excluding hydrogens is 332 g/mol. The van der Waals surface area contributed by atoms with E-state index in [1.807, 2.05) is 0 Å². The van der Waals surface area contributed by atoms with Crippen LogP contribution in [0.3, 0.4) is 0 Å². The Balaban J connectivity index is 1.95. The molecule has 2 N–H and O–H groups in total. The highest BCUT2D eigenvalue weighted by atomic mass is 35.5. The van der Waals surface area contributed by atoms with E-state index in [4.69, 9.17) is 16.3 Å². The van der Waals surface area contributed by atoms with Gasteiger partial charge in [0.25, 0.3) is 5.91 Å². The minimum absolute atomic E-state index is 0.132. The summed E-state index contributed by atoms with van der Waals surface area (Å²) < 4.78 is 5.61. The molecule has 0 saturated carbocycles. The molecular formula is C13H15ClN2O3S2. The molecule has 0 saturated heterocycles. The summed E-state index contributed by atoms with van der Waals surface area (Å²) in [7, 11) is 1.58. The summed E-state index contributed by atoms with van der Waals surface area (Å²) in [4.78, 5) is 17.6. The van der Waals surface area contributed by atoms with Gasteiger partial charge in [0.05, 0.1) is 16.6 Å². The quantitative estimate of drug-likeness (QED) is 0.843. The number of carbonyl (C=O) groups excluding carboxylic acids is 1. The van der Waals surface area contributed by atoms with Crippen molar-refractivity contribution >= 4 is 40.2 Å². The lowest BCUT2D eigenvalue weighted by Gasteiger charge is -2.09. The zero-order valence-corrected chi connectivity index (χ0v) is 13.9. The van der Waals surface area contributed by atoms with E-state index in [2.05, 4.69) is 10.3 Å². The average Bonchev–Trinajstić information content (AvgIpc) is 3.02. The zero-order valence-electron chi connectivity index (χ0n) is 11.6. The fourth-order valence-electron chi connectivity index (χ4n) is 1.73. The van der Waals surface area contributed by atoms with Gasteiger partial charge in [-0.3, -0.25) is 4.79 Å². The minimum atomic E-state index is -0.766. The molecule has 114 valence electrons. The van der Waals surface area contributed by atoms with Gasteiger partial charge in [0, 0.05) is 18.5 Å². The molecule has 1 amide bonds. The van der Waals surface area contributed by atoms with Gasteiger partial charge in [-0.2, -0.15) is 0 Å². The van der Waals surface area contributed by atoms with Crippen molar-refractivity contribution in [3.8, 4) is 0 Å². The van der Waals surface area contributed by atoms with Crippen LogP contribution in [-0.2, 0) is 11.3 Å². The largest absolute Gasteiger partial charge is 0.386 e. The number of aromatic nitrogens is 1. The standard InChI is InChI=1S/C13H15ClN2O3S2/c1-7-12(21-11(16-7)6-19-2)13(18)15-5-8(17)9-3-4-10(14)20-9/h3-4,8,17H,5-6H2,1-2H3,(H,15,18). The lowest BCUT2D eigenvalue weighted by Crippen LogP contribution is -2.27. The first-order valence-corrected chi connectivity index (χ1v) is 8.19. The van der Waals surface area contributed by atoms with Crippen LogP contribution in [0, 0.1) is 6.92 Å². The number of aryl methyl sites for hydroxylation is 1. The van der Waals surface area contributed by atoms with Crippen LogP contribution in [-0.4, -0.2) is 29.7 Å². The number of amides is 1. The van der Waals surface area contributed by atoms with E-state index < -0.39 is 6.10 Å². The Hall–Kier alpha value is -0.990. The first-order chi connectivity index (χ1) is 10.0. The SMILES string of the molecule is COCc1nc(C)c(C(=O)NCC(O)c2ccc(Cl)s2)s1. The van der Waals surface area contributed by atoms with E-state index >= 15 is 0 Å². The summed E-state index contributed by atoms with van der Waals surface area (Å²) in [5.41, 5.74) is 0.665. The topological polar surface area (TPSA) is 71.5 Å². The molecule has 0 aliphatic heterocycles. The van der Waals surface area contributed by atoms with Crippen molar-refractivity contribution in [2.24, 2.45) is 0 Å². The van der Waals surface area contributed by atoms with Crippen LogP contribution in [0.4, 0.5) is 0 Å². The van der Waals surface area contributed by atoms with Crippen molar-refractivity contribution in [1.29, 1.82) is 0 Å². The van der Waals surface area contributed by atoms with Crippen molar-refractivity contribution in [3.05, 3.63) is 36.9 Å². The summed E-state index contributed by atoms with van der Waals surface area (Å²) in [5.74, 6) is -0.242. The first kappa shape index (κ1) is 16.4. The Labute approximate surface area is 135 Å². The molecule has 8 heteroatoms. The summed E-state index contributed by atoms with van der Waals surface area (Å²) in [6, 6.07) is 3.47. The van der Waals surface area contributed by atoms with E-state index in [0.717, 1.165) is 9.88 Å². The van der Waals surface area contributed by atoms with Gasteiger partial charge in [0.15, 0.2) is 0 Å². The van der Waals surface area contributed by atoms with Crippen LogP contribution in [0.25, 0.3) is 0 Å². The predicted octanol–water partition coefficient (Wildman–Crippen LogP) is 2.78. The number of carbonyl (C=O) groups is 1. The second-order valence-electron chi connectivity index (χ2n) is 4.32. The number of hydrogen-bond donors (Lipinski definition) is 2. The maximum Gasteiger partial charge on any atom is 0.263 e. The fraction of sp³-hybridized carbons (Fsp3) is 0.385. The van der Waals surface area contributed by atoms with Crippen LogP contribution < -0.4 is 5.32 Å². The van der Waals surface area contributed by atoms with Crippen LogP contribution in [0.15, 0.2) is 12.1 Å². The smallest absolute Gasteiger partial charge is 0.263 e. The molecule has 0 fully saturated rings. The van der Waals surface area contributed by atoms with Crippen molar-refractivity contribution in [3.63, 3.8) is 0 Å². The average molecular weight is 347 g/mol. The molecule has 0 aliphatic carbocycles. The molecule has 1 unspecified atom stereocenters. The fourth-order valence-corrected chi connectivity index (χ4v) is 3.73. The maximum atomic E-state index is 12.1. The van der Waals surface area contributed by atoms with Gasteiger partial charge < -0.3 is 15.2 Å². The molecule has 0 bridgehead atoms. The molecule has 2 aromatic heterocycles. The maximum absolute atomic E-state index is 12.1. The number of ether oxygens (including phenoxy) is 1. The van der Waals surface area contributed by atoms with Gasteiger partial charge in [-0.25, -0.2) is 4.98 Å². The van der Waals surface area contributed by atoms with Crippen molar-refractivity contribution in [1.82, 2.24) is 10.3 Å². The Morgan fingerprint density at radius 3 is 2.90 bits per heavy atom. The van der Waals surface area contributed by atoms with Crippen molar-refractivity contribution < 1.29 is 14.6 Å². The highest BCUT2D eigenvalue weighted by Crippen LogP contribution is 2.26. The molecule has 2 aromatic rings. The molecule has 21 heavy (non-hydrogen) atoms. The number of methoxy groups -OCH3 is 1. The van der Waals surface area contributed by atoms with Gasteiger partial charge in [-0.1, -0.05) is 11.6 Å². The third-order valence-electron chi connectivity index (χ3n) is 2.69. The van der Waals surface area contributed by atoms with Crippen LogP contribution >= 0.6 is 34.3 Å². The number of nitrogens with one attached hydrogen (secondary N) is 1. The number of halogens is 1. The number of nitrogens with zero attached hydrogens (tertiary/aromatic N) is 1. The van der Waals surface area contributed by atoms with E-state index in [-0.39, 0.29) is 12.5 Å². The predicted molar refractivity (Wildman–Crippen MR) is 84.2 cm³/mol. The second-order valence-corrected chi connectivity index (χ2v) is 7.15. The van der Waals surface area contributed by atoms with Gasteiger partial charge in [0.2, 0.25) is 0 Å². The normalized spacial score (nSPS) is 12.4. The second kappa shape index (κ2) is 7.33. The number of aliphatic hydroxyl groups excluding tert-OH is 1. The summed E-state index contributed by atoms with van der Waals surface area (Å²) in [6.45, 7) is 2.29. The summed E-state index contributed by atoms with van der Waals surface area (Å²) in [6.07, 6.45) is -0.766. The van der Waals surface area contributed by atoms with Crippen molar-refractivity contribution in [2.75, 3.05) is 13.7 Å². The van der Waals surface area contributed by atoms with Gasteiger partial charge in [0.1, 0.15) is 16.0 Å².